The first kappa shape index (κ1) is 35.8. The molecule has 1 saturated carbocycles. The molecule has 0 radical (unpaired) electrons. The van der Waals surface area contributed by atoms with Gasteiger partial charge in [0.2, 0.25) is 0 Å². The first-order valence-electron chi connectivity index (χ1n) is 16.5. The van der Waals surface area contributed by atoms with Crippen LogP contribution < -0.4 is 0 Å². The summed E-state index contributed by atoms with van der Waals surface area (Å²) in [6, 6.07) is 9.62. The molecule has 43 heavy (non-hydrogen) atoms. The summed E-state index contributed by atoms with van der Waals surface area (Å²) in [7, 11) is -2.22. The lowest BCUT2D eigenvalue weighted by Gasteiger charge is -2.34. The lowest BCUT2D eigenvalue weighted by atomic mass is 9.84. The molecule has 2 unspecified atom stereocenters. The number of benzene rings is 1. The van der Waals surface area contributed by atoms with Crippen molar-refractivity contribution >= 4 is 20.1 Å². The standard InChI is InChI=1S/C34H54F2O6Si/c1-5-6-22-34(35,36)31(42-43(2,3)4)21-20-28-27(29(37)24-30(28)41-33-19-14-23-39-33)17-12-7-8-13-18-32(38)40-25-26-15-10-9-11-16-26/h9-11,15-16,27-28,30-31,33H,5-8,12-14,17-25H2,1-4H3/t27-,28-,30-,31?,33?/m1/s1. The van der Waals surface area contributed by atoms with Crippen molar-refractivity contribution in [1.29, 1.82) is 0 Å². The van der Waals surface area contributed by atoms with Crippen molar-refractivity contribution in [1.82, 2.24) is 0 Å². The Bertz CT molecular complexity index is 963. The average Bonchev–Trinajstić information content (AvgIpc) is 3.58. The van der Waals surface area contributed by atoms with Crippen LogP contribution in [0.2, 0.25) is 19.6 Å². The Hall–Kier alpha value is -1.68. The fraction of sp³-hybridized carbons (Fsp3) is 0.765. The van der Waals surface area contributed by atoms with E-state index in [1.807, 2.05) is 56.9 Å². The molecule has 1 heterocycles. The van der Waals surface area contributed by atoms with Crippen molar-refractivity contribution in [3.05, 3.63) is 35.9 Å². The van der Waals surface area contributed by atoms with E-state index in [0.717, 1.165) is 44.1 Å². The molecule has 0 amide bonds. The van der Waals surface area contributed by atoms with Crippen LogP contribution in [-0.4, -0.2) is 51.1 Å². The van der Waals surface area contributed by atoms with Gasteiger partial charge in [0.1, 0.15) is 18.5 Å². The Morgan fingerprint density at radius 2 is 1.81 bits per heavy atom. The lowest BCUT2D eigenvalue weighted by molar-refractivity contribution is -0.158. The minimum Gasteiger partial charge on any atom is -0.461 e. The Morgan fingerprint density at radius 1 is 1.07 bits per heavy atom. The van der Waals surface area contributed by atoms with E-state index in [4.69, 9.17) is 18.6 Å². The SMILES string of the molecule is CCCCC(F)(F)C(CC[C@H]1[C@H](OC2CCCO2)CC(=O)[C@@H]1CCCCCCC(=O)OCc1ccccc1)O[Si](C)(C)C. The van der Waals surface area contributed by atoms with Crippen LogP contribution in [-0.2, 0) is 34.8 Å². The molecule has 1 aromatic carbocycles. The number of ether oxygens (including phenoxy) is 3. The topological polar surface area (TPSA) is 71.1 Å². The zero-order chi connectivity index (χ0) is 31.3. The number of carbonyl (C=O) groups is 2. The zero-order valence-electron chi connectivity index (χ0n) is 26.8. The van der Waals surface area contributed by atoms with Crippen molar-refractivity contribution < 1.29 is 37.0 Å². The Kier molecular flexibility index (Phi) is 14.7. The highest BCUT2D eigenvalue weighted by Gasteiger charge is 2.47. The van der Waals surface area contributed by atoms with E-state index in [-0.39, 0.29) is 55.4 Å². The molecule has 0 N–H and O–H groups in total. The van der Waals surface area contributed by atoms with Gasteiger partial charge in [-0.25, -0.2) is 8.78 Å². The number of rotatable bonds is 20. The van der Waals surface area contributed by atoms with Crippen LogP contribution in [0.3, 0.4) is 0 Å². The number of Topliss-reactive ketones (excluding diaryl/α,β-unsaturated/α-hetero) is 1. The molecule has 3 rings (SSSR count). The summed E-state index contributed by atoms with van der Waals surface area (Å²) in [6.45, 7) is 8.70. The number of unbranched alkanes of at least 4 members (excludes halogenated alkanes) is 4. The van der Waals surface area contributed by atoms with Crippen molar-refractivity contribution in [2.75, 3.05) is 6.61 Å². The third-order valence-electron chi connectivity index (χ3n) is 8.51. The van der Waals surface area contributed by atoms with Crippen molar-refractivity contribution in [3.8, 4) is 0 Å². The van der Waals surface area contributed by atoms with E-state index in [1.165, 1.54) is 0 Å². The minimum absolute atomic E-state index is 0.126. The summed E-state index contributed by atoms with van der Waals surface area (Å²) in [5.74, 6) is -3.27. The first-order chi connectivity index (χ1) is 20.5. The molecule has 1 saturated heterocycles. The normalized spacial score (nSPS) is 23.5. The van der Waals surface area contributed by atoms with E-state index in [9.17, 15) is 9.59 Å². The molecule has 1 aromatic rings. The second-order valence-corrected chi connectivity index (χ2v) is 17.8. The highest BCUT2D eigenvalue weighted by atomic mass is 28.4. The van der Waals surface area contributed by atoms with Crippen LogP contribution in [0.25, 0.3) is 0 Å². The summed E-state index contributed by atoms with van der Waals surface area (Å²) in [5.41, 5.74) is 0.969. The van der Waals surface area contributed by atoms with Crippen LogP contribution in [0, 0.1) is 11.8 Å². The van der Waals surface area contributed by atoms with Crippen LogP contribution in [0.4, 0.5) is 8.78 Å². The molecule has 1 aliphatic heterocycles. The molecular weight excluding hydrogens is 570 g/mol. The molecule has 9 heteroatoms. The molecule has 0 bridgehead atoms. The van der Waals surface area contributed by atoms with E-state index < -0.39 is 20.3 Å². The Balaban J connectivity index is 1.52. The second kappa shape index (κ2) is 17.7. The Morgan fingerprint density at radius 3 is 2.49 bits per heavy atom. The van der Waals surface area contributed by atoms with Gasteiger partial charge in [-0.1, -0.05) is 62.9 Å². The maximum atomic E-state index is 15.3. The molecule has 6 nitrogen and oxygen atoms in total. The zero-order valence-corrected chi connectivity index (χ0v) is 27.8. The molecule has 1 aliphatic carbocycles. The number of alkyl halides is 2. The second-order valence-electron chi connectivity index (χ2n) is 13.3. The smallest absolute Gasteiger partial charge is 0.306 e. The lowest BCUT2D eigenvalue weighted by Crippen LogP contribution is -2.43. The van der Waals surface area contributed by atoms with Gasteiger partial charge < -0.3 is 18.6 Å². The predicted octanol–water partition coefficient (Wildman–Crippen LogP) is 8.62. The highest BCUT2D eigenvalue weighted by Crippen LogP contribution is 2.42. The molecule has 5 atom stereocenters. The van der Waals surface area contributed by atoms with Crippen molar-refractivity contribution in [2.24, 2.45) is 11.8 Å². The van der Waals surface area contributed by atoms with Gasteiger partial charge in [-0.15, -0.1) is 0 Å². The number of hydrogen-bond acceptors (Lipinski definition) is 6. The van der Waals surface area contributed by atoms with E-state index >= 15 is 8.78 Å². The van der Waals surface area contributed by atoms with Crippen LogP contribution in [0.1, 0.15) is 102 Å². The maximum Gasteiger partial charge on any atom is 0.306 e. The molecular formula is C34H54F2O6Si. The molecule has 244 valence electrons. The van der Waals surface area contributed by atoms with Crippen LogP contribution in [0.15, 0.2) is 30.3 Å². The number of halogens is 2. The van der Waals surface area contributed by atoms with Gasteiger partial charge >= 0.3 is 5.97 Å². The molecule has 0 spiro atoms. The molecule has 2 fully saturated rings. The summed E-state index contributed by atoms with van der Waals surface area (Å²) in [6.07, 6.45) is 6.38. The monoisotopic (exact) mass is 624 g/mol. The summed E-state index contributed by atoms with van der Waals surface area (Å²) in [4.78, 5) is 25.3. The van der Waals surface area contributed by atoms with Gasteiger partial charge in [-0.05, 0) is 69.6 Å². The quantitative estimate of drug-likeness (QED) is 0.0822. The number of esters is 1. The van der Waals surface area contributed by atoms with E-state index in [1.54, 1.807) is 0 Å². The molecule has 2 aliphatic rings. The predicted molar refractivity (Wildman–Crippen MR) is 166 cm³/mol. The highest BCUT2D eigenvalue weighted by molar-refractivity contribution is 6.69. The largest absolute Gasteiger partial charge is 0.461 e. The third kappa shape index (κ3) is 12.7. The summed E-state index contributed by atoms with van der Waals surface area (Å²) >= 11 is 0. The van der Waals surface area contributed by atoms with Crippen LogP contribution >= 0.6 is 0 Å². The van der Waals surface area contributed by atoms with Gasteiger partial charge in [-0.2, -0.15) is 0 Å². The molecule has 0 aromatic heterocycles. The van der Waals surface area contributed by atoms with Gasteiger partial charge in [0.25, 0.3) is 5.92 Å². The number of carbonyl (C=O) groups excluding carboxylic acids is 2. The first-order valence-corrected chi connectivity index (χ1v) is 19.9. The average molecular weight is 625 g/mol. The number of hydrogen-bond donors (Lipinski definition) is 0. The van der Waals surface area contributed by atoms with Gasteiger partial charge in [-0.3, -0.25) is 9.59 Å². The fourth-order valence-corrected chi connectivity index (χ4v) is 7.40. The van der Waals surface area contributed by atoms with Crippen molar-refractivity contribution in [3.63, 3.8) is 0 Å². The minimum atomic E-state index is -2.90. The summed E-state index contributed by atoms with van der Waals surface area (Å²) in [5, 5.41) is 0. The van der Waals surface area contributed by atoms with Gasteiger partial charge in [0.15, 0.2) is 14.6 Å². The van der Waals surface area contributed by atoms with Crippen LogP contribution in [0.5, 0.6) is 0 Å². The third-order valence-corrected chi connectivity index (χ3v) is 9.50. The van der Waals surface area contributed by atoms with Gasteiger partial charge in [0, 0.05) is 38.2 Å². The van der Waals surface area contributed by atoms with E-state index in [2.05, 4.69) is 0 Å². The van der Waals surface area contributed by atoms with Crippen molar-refractivity contribution in [2.45, 2.75) is 147 Å². The Labute approximate surface area is 258 Å². The number of ketones is 1. The summed E-state index contributed by atoms with van der Waals surface area (Å²) < 4.78 is 54.1. The fourth-order valence-electron chi connectivity index (χ4n) is 6.26. The van der Waals surface area contributed by atoms with Gasteiger partial charge in [0.05, 0.1) is 6.10 Å². The maximum absolute atomic E-state index is 15.3. The van der Waals surface area contributed by atoms with E-state index in [0.29, 0.717) is 45.1 Å².